The summed E-state index contributed by atoms with van der Waals surface area (Å²) in [5.41, 5.74) is -0.849. The minimum atomic E-state index is -1.85. The molecule has 0 aliphatic carbocycles. The smallest absolute Gasteiger partial charge is 0.330 e. The van der Waals surface area contributed by atoms with Crippen molar-refractivity contribution in [3.8, 4) is 0 Å². The molecule has 1 aliphatic heterocycles. The van der Waals surface area contributed by atoms with Crippen molar-refractivity contribution >= 4 is 16.6 Å². The third kappa shape index (κ3) is 5.61. The van der Waals surface area contributed by atoms with E-state index in [1.807, 2.05) is 0 Å². The molecule has 172 valence electrons. The fraction of sp³-hybridized carbons (Fsp3) is 0.810. The van der Waals surface area contributed by atoms with E-state index in [1.54, 1.807) is 0 Å². The lowest BCUT2D eigenvalue weighted by Gasteiger charge is -2.35. The van der Waals surface area contributed by atoms with Crippen LogP contribution in [0.2, 0.25) is 36.3 Å². The first-order valence-electron chi connectivity index (χ1n) is 11.6. The van der Waals surface area contributed by atoms with Crippen molar-refractivity contribution in [3.05, 3.63) is 33.1 Å². The standard InChI is InChI=1S/C21H40N2O5Si2/c1-7-29(8-2,9-3)26-16-18-17(28-30(10-4,11-5)12-6)15-20(27-18)23-14-13-19(24)22-21(23)25/h13-14,17-18,20H,7-12,15-16H2,1-6H3,(H,22,24,25)/t17-,18-,20+/m1/s1. The first-order chi connectivity index (χ1) is 14.3. The van der Waals surface area contributed by atoms with Gasteiger partial charge < -0.3 is 13.6 Å². The lowest BCUT2D eigenvalue weighted by atomic mass is 10.2. The van der Waals surface area contributed by atoms with Gasteiger partial charge in [-0.05, 0) is 36.3 Å². The molecule has 7 nitrogen and oxygen atoms in total. The summed E-state index contributed by atoms with van der Waals surface area (Å²) in [6.45, 7) is 13.8. The van der Waals surface area contributed by atoms with Crippen LogP contribution in [-0.2, 0) is 13.6 Å². The number of ether oxygens (including phenoxy) is 1. The highest BCUT2D eigenvalue weighted by molar-refractivity contribution is 6.74. The van der Waals surface area contributed by atoms with Crippen molar-refractivity contribution in [2.24, 2.45) is 0 Å². The maximum absolute atomic E-state index is 12.3. The Balaban J connectivity index is 2.27. The summed E-state index contributed by atoms with van der Waals surface area (Å²) in [4.78, 5) is 26.1. The molecule has 0 amide bonds. The highest BCUT2D eigenvalue weighted by Crippen LogP contribution is 2.35. The Kier molecular flexibility index (Phi) is 9.29. The summed E-state index contributed by atoms with van der Waals surface area (Å²) < 4.78 is 21.1. The number of nitrogens with zero attached hydrogens (tertiary/aromatic N) is 1. The topological polar surface area (TPSA) is 82.5 Å². The van der Waals surface area contributed by atoms with Crippen LogP contribution < -0.4 is 11.2 Å². The molecule has 2 rings (SSSR count). The summed E-state index contributed by atoms with van der Waals surface area (Å²) in [5, 5.41) is 0. The minimum absolute atomic E-state index is 0.0994. The second-order valence-corrected chi connectivity index (χ2v) is 17.8. The molecular weight excluding hydrogens is 416 g/mol. The van der Waals surface area contributed by atoms with E-state index in [2.05, 4.69) is 46.5 Å². The zero-order valence-electron chi connectivity index (χ0n) is 19.5. The van der Waals surface area contributed by atoms with Crippen LogP contribution in [0.3, 0.4) is 0 Å². The van der Waals surface area contributed by atoms with Gasteiger partial charge in [-0.15, -0.1) is 0 Å². The summed E-state index contributed by atoms with van der Waals surface area (Å²) in [6.07, 6.45) is 1.35. The van der Waals surface area contributed by atoms with Gasteiger partial charge in [-0.3, -0.25) is 14.3 Å². The van der Waals surface area contributed by atoms with E-state index in [-0.39, 0.29) is 12.2 Å². The SMILES string of the molecule is CC[Si](CC)(CC)OC[C@H]1O[C@H](n2ccc(=O)[nH]c2=O)C[C@H]1O[Si](CC)(CC)CC. The number of rotatable bonds is 12. The summed E-state index contributed by atoms with van der Waals surface area (Å²) in [5.74, 6) is 0. The van der Waals surface area contributed by atoms with Crippen LogP contribution in [-0.4, -0.2) is 45.0 Å². The second-order valence-electron chi connectivity index (χ2n) is 8.34. The van der Waals surface area contributed by atoms with Gasteiger partial charge in [0, 0.05) is 18.7 Å². The van der Waals surface area contributed by atoms with E-state index in [1.165, 1.54) is 16.8 Å². The fourth-order valence-corrected chi connectivity index (χ4v) is 9.96. The van der Waals surface area contributed by atoms with Gasteiger partial charge in [0.15, 0.2) is 16.6 Å². The number of hydrogen-bond donors (Lipinski definition) is 1. The third-order valence-corrected chi connectivity index (χ3v) is 16.5. The normalized spacial score (nSPS) is 22.5. The highest BCUT2D eigenvalue weighted by Gasteiger charge is 2.43. The molecule has 0 unspecified atom stereocenters. The van der Waals surface area contributed by atoms with Gasteiger partial charge in [-0.2, -0.15) is 0 Å². The lowest BCUT2D eigenvalue weighted by molar-refractivity contribution is -0.0406. The maximum atomic E-state index is 12.3. The molecule has 1 aliphatic rings. The molecular formula is C21H40N2O5Si2. The van der Waals surface area contributed by atoms with Crippen LogP contribution in [0, 0.1) is 0 Å². The second kappa shape index (κ2) is 11.0. The van der Waals surface area contributed by atoms with Gasteiger partial charge in [-0.1, -0.05) is 41.5 Å². The average Bonchev–Trinajstić information content (AvgIpc) is 3.15. The molecule has 1 N–H and O–H groups in total. The van der Waals surface area contributed by atoms with E-state index < -0.39 is 34.1 Å². The van der Waals surface area contributed by atoms with Gasteiger partial charge in [0.2, 0.25) is 0 Å². The number of hydrogen-bond acceptors (Lipinski definition) is 5. The Bertz CT molecular complexity index is 757. The van der Waals surface area contributed by atoms with Crippen molar-refractivity contribution in [1.29, 1.82) is 0 Å². The first kappa shape index (κ1) is 25.3. The molecule has 3 atom stereocenters. The Morgan fingerprint density at radius 3 is 2.07 bits per heavy atom. The van der Waals surface area contributed by atoms with E-state index >= 15 is 0 Å². The van der Waals surface area contributed by atoms with Crippen molar-refractivity contribution in [2.45, 2.75) is 103 Å². The van der Waals surface area contributed by atoms with Crippen molar-refractivity contribution < 1.29 is 13.6 Å². The predicted molar refractivity (Wildman–Crippen MR) is 125 cm³/mol. The Morgan fingerprint density at radius 1 is 1.00 bits per heavy atom. The van der Waals surface area contributed by atoms with Crippen molar-refractivity contribution in [3.63, 3.8) is 0 Å². The van der Waals surface area contributed by atoms with Crippen molar-refractivity contribution in [1.82, 2.24) is 9.55 Å². The molecule has 0 spiro atoms. The molecule has 9 heteroatoms. The minimum Gasteiger partial charge on any atom is -0.414 e. The predicted octanol–water partition coefficient (Wildman–Crippen LogP) is 4.24. The van der Waals surface area contributed by atoms with Crippen LogP contribution in [0.1, 0.15) is 54.2 Å². The highest BCUT2D eigenvalue weighted by atomic mass is 28.4. The average molecular weight is 457 g/mol. The van der Waals surface area contributed by atoms with E-state index in [4.69, 9.17) is 13.6 Å². The first-order valence-corrected chi connectivity index (χ1v) is 16.7. The molecule has 0 aromatic carbocycles. The molecule has 30 heavy (non-hydrogen) atoms. The van der Waals surface area contributed by atoms with Crippen LogP contribution in [0.4, 0.5) is 0 Å². The quantitative estimate of drug-likeness (QED) is 0.476. The molecule has 1 aromatic rings. The molecule has 0 radical (unpaired) electrons. The van der Waals surface area contributed by atoms with Gasteiger partial charge in [0.1, 0.15) is 12.3 Å². The van der Waals surface area contributed by atoms with Crippen LogP contribution >= 0.6 is 0 Å². The van der Waals surface area contributed by atoms with Gasteiger partial charge >= 0.3 is 5.69 Å². The number of H-pyrrole nitrogens is 1. The van der Waals surface area contributed by atoms with Crippen molar-refractivity contribution in [2.75, 3.05) is 6.61 Å². The molecule has 0 bridgehead atoms. The van der Waals surface area contributed by atoms with E-state index in [9.17, 15) is 9.59 Å². The van der Waals surface area contributed by atoms with Gasteiger partial charge in [0.05, 0.1) is 12.7 Å². The van der Waals surface area contributed by atoms with Crippen LogP contribution in [0.25, 0.3) is 0 Å². The number of aromatic amines is 1. The lowest BCUT2D eigenvalue weighted by Crippen LogP contribution is -2.45. The summed E-state index contributed by atoms with van der Waals surface area (Å²) in [7, 11) is -3.60. The maximum Gasteiger partial charge on any atom is 0.330 e. The summed E-state index contributed by atoms with van der Waals surface area (Å²) >= 11 is 0. The molecule has 1 fully saturated rings. The fourth-order valence-electron chi connectivity index (χ4n) is 4.44. The summed E-state index contributed by atoms with van der Waals surface area (Å²) in [6, 6.07) is 7.79. The zero-order chi connectivity index (χ0) is 22.4. The monoisotopic (exact) mass is 456 g/mol. The molecule has 1 aromatic heterocycles. The van der Waals surface area contributed by atoms with Gasteiger partial charge in [0.25, 0.3) is 5.56 Å². The Morgan fingerprint density at radius 2 is 1.57 bits per heavy atom. The Labute approximate surface area is 182 Å². The molecule has 1 saturated heterocycles. The van der Waals surface area contributed by atoms with E-state index in [0.29, 0.717) is 13.0 Å². The van der Waals surface area contributed by atoms with E-state index in [0.717, 1.165) is 36.3 Å². The number of aromatic nitrogens is 2. The largest absolute Gasteiger partial charge is 0.414 e. The van der Waals surface area contributed by atoms with Gasteiger partial charge in [-0.25, -0.2) is 4.79 Å². The molecule has 2 heterocycles. The van der Waals surface area contributed by atoms with Crippen LogP contribution in [0.5, 0.6) is 0 Å². The number of nitrogens with one attached hydrogen (secondary N) is 1. The van der Waals surface area contributed by atoms with Crippen LogP contribution in [0.15, 0.2) is 21.9 Å². The Hall–Kier alpha value is -1.01. The third-order valence-electron chi connectivity index (χ3n) is 7.16. The zero-order valence-corrected chi connectivity index (χ0v) is 21.5. The molecule has 0 saturated carbocycles.